The summed E-state index contributed by atoms with van der Waals surface area (Å²) in [6.07, 6.45) is -0.0370. The lowest BCUT2D eigenvalue weighted by Crippen LogP contribution is -2.22. The average molecular weight is 243 g/mol. The maximum Gasteiger partial charge on any atom is 0.307 e. The Labute approximate surface area is 98.8 Å². The van der Waals surface area contributed by atoms with E-state index in [4.69, 9.17) is 4.74 Å². The highest BCUT2D eigenvalue weighted by Crippen LogP contribution is 2.22. The number of rotatable bonds is 5. The van der Waals surface area contributed by atoms with Gasteiger partial charge in [0.15, 0.2) is 11.6 Å². The summed E-state index contributed by atoms with van der Waals surface area (Å²) in [7, 11) is 1.58. The summed E-state index contributed by atoms with van der Waals surface area (Å²) >= 11 is 0. The second kappa shape index (κ2) is 6.30. The van der Waals surface area contributed by atoms with Crippen LogP contribution in [-0.4, -0.2) is 19.6 Å². The van der Waals surface area contributed by atoms with Gasteiger partial charge in [0, 0.05) is 11.6 Å². The molecule has 1 aromatic rings. The number of ether oxygens (including phenoxy) is 1. The Bertz CT molecular complexity index is 396. The zero-order valence-corrected chi connectivity index (χ0v) is 9.80. The number of hydrogen-bond acceptors (Lipinski definition) is 3. The van der Waals surface area contributed by atoms with Crippen LogP contribution in [0.4, 0.5) is 8.78 Å². The molecule has 0 bridgehead atoms. The Morgan fingerprint density at radius 2 is 2.18 bits per heavy atom. The predicted octanol–water partition coefficient (Wildman–Crippen LogP) is 2.18. The monoisotopic (exact) mass is 243 g/mol. The first-order chi connectivity index (χ1) is 8.10. The van der Waals surface area contributed by atoms with Crippen molar-refractivity contribution in [3.05, 3.63) is 35.4 Å². The molecule has 3 nitrogen and oxygen atoms in total. The van der Waals surface area contributed by atoms with Gasteiger partial charge in [-0.3, -0.25) is 4.79 Å². The zero-order valence-electron chi connectivity index (χ0n) is 9.80. The van der Waals surface area contributed by atoms with Crippen LogP contribution in [0.1, 0.15) is 24.9 Å². The molecule has 17 heavy (non-hydrogen) atoms. The molecule has 0 aliphatic rings. The molecule has 0 amide bonds. The smallest absolute Gasteiger partial charge is 0.307 e. The first-order valence-electron chi connectivity index (χ1n) is 5.37. The number of carbonyl (C=O) groups excluding carboxylic acids is 1. The zero-order chi connectivity index (χ0) is 12.8. The fraction of sp³-hybridized carbons (Fsp3) is 0.417. The van der Waals surface area contributed by atoms with E-state index in [1.807, 2.05) is 0 Å². The fourth-order valence-electron chi connectivity index (χ4n) is 1.54. The lowest BCUT2D eigenvalue weighted by atomic mass is 10.0. The van der Waals surface area contributed by atoms with Crippen LogP contribution in [0, 0.1) is 11.6 Å². The number of hydrogen-bond donors (Lipinski definition) is 1. The number of esters is 1. The van der Waals surface area contributed by atoms with Crippen LogP contribution in [-0.2, 0) is 9.53 Å². The molecule has 1 unspecified atom stereocenters. The van der Waals surface area contributed by atoms with E-state index in [0.29, 0.717) is 0 Å². The molecule has 0 aliphatic carbocycles. The van der Waals surface area contributed by atoms with Crippen molar-refractivity contribution in [2.75, 3.05) is 13.7 Å². The molecule has 0 saturated carbocycles. The van der Waals surface area contributed by atoms with Gasteiger partial charge in [-0.2, -0.15) is 0 Å². The molecule has 1 atom stereocenters. The Balaban J connectivity index is 2.86. The minimum Gasteiger partial charge on any atom is -0.466 e. The maximum atomic E-state index is 13.5. The topological polar surface area (TPSA) is 38.3 Å². The molecule has 0 radical (unpaired) electrons. The van der Waals surface area contributed by atoms with Gasteiger partial charge >= 0.3 is 5.97 Å². The molecule has 0 aromatic heterocycles. The number of halogens is 2. The van der Waals surface area contributed by atoms with Gasteiger partial charge in [-0.25, -0.2) is 8.78 Å². The SMILES string of the molecule is CCOC(=O)CC(NC)c1cccc(F)c1F. The van der Waals surface area contributed by atoms with Crippen LogP contribution in [0.2, 0.25) is 0 Å². The molecule has 5 heteroatoms. The van der Waals surface area contributed by atoms with E-state index >= 15 is 0 Å². The molecule has 0 heterocycles. The molecule has 0 aliphatic heterocycles. The van der Waals surface area contributed by atoms with E-state index in [1.54, 1.807) is 14.0 Å². The minimum absolute atomic E-state index is 0.0370. The van der Waals surface area contributed by atoms with Gasteiger partial charge in [0.05, 0.1) is 13.0 Å². The second-order valence-corrected chi connectivity index (χ2v) is 3.49. The van der Waals surface area contributed by atoms with Crippen molar-refractivity contribution in [2.24, 2.45) is 0 Å². The lowest BCUT2D eigenvalue weighted by Gasteiger charge is -2.16. The first-order valence-corrected chi connectivity index (χ1v) is 5.37. The quantitative estimate of drug-likeness (QED) is 0.805. The first kappa shape index (κ1) is 13.6. The summed E-state index contributed by atoms with van der Waals surface area (Å²) in [5.41, 5.74) is 0.126. The van der Waals surface area contributed by atoms with E-state index < -0.39 is 23.6 Å². The molecule has 0 fully saturated rings. The van der Waals surface area contributed by atoms with Crippen molar-refractivity contribution in [1.82, 2.24) is 5.32 Å². The van der Waals surface area contributed by atoms with Gasteiger partial charge in [0.25, 0.3) is 0 Å². The third kappa shape index (κ3) is 3.49. The van der Waals surface area contributed by atoms with Crippen LogP contribution < -0.4 is 5.32 Å². The number of benzene rings is 1. The standard InChI is InChI=1S/C12H15F2NO2/c1-3-17-11(16)7-10(15-2)8-5-4-6-9(13)12(8)14/h4-6,10,15H,3,7H2,1-2H3. The summed E-state index contributed by atoms with van der Waals surface area (Å²) < 4.78 is 31.3. The summed E-state index contributed by atoms with van der Waals surface area (Å²) in [6, 6.07) is 3.29. The highest BCUT2D eigenvalue weighted by molar-refractivity contribution is 5.70. The van der Waals surface area contributed by atoms with Gasteiger partial charge in [-0.1, -0.05) is 12.1 Å². The van der Waals surface area contributed by atoms with Gasteiger partial charge in [-0.05, 0) is 20.0 Å². The van der Waals surface area contributed by atoms with E-state index in [-0.39, 0.29) is 18.6 Å². The molecule has 94 valence electrons. The number of nitrogens with one attached hydrogen (secondary N) is 1. The second-order valence-electron chi connectivity index (χ2n) is 3.49. The number of carbonyl (C=O) groups is 1. The molecule has 1 rings (SSSR count). The van der Waals surface area contributed by atoms with Crippen molar-refractivity contribution in [1.29, 1.82) is 0 Å². The predicted molar refractivity (Wildman–Crippen MR) is 59.4 cm³/mol. The Morgan fingerprint density at radius 1 is 1.47 bits per heavy atom. The van der Waals surface area contributed by atoms with Crippen molar-refractivity contribution in [3.63, 3.8) is 0 Å². The average Bonchev–Trinajstić information content (AvgIpc) is 2.30. The van der Waals surface area contributed by atoms with Gasteiger partial charge in [0.2, 0.25) is 0 Å². The molecular formula is C12H15F2NO2. The van der Waals surface area contributed by atoms with Gasteiger partial charge in [0.1, 0.15) is 0 Å². The summed E-state index contributed by atoms with van der Waals surface area (Å²) in [5, 5.41) is 2.77. The van der Waals surface area contributed by atoms with E-state index in [2.05, 4.69) is 5.32 Å². The van der Waals surface area contributed by atoms with Crippen molar-refractivity contribution in [2.45, 2.75) is 19.4 Å². The van der Waals surface area contributed by atoms with Crippen LogP contribution in [0.3, 0.4) is 0 Å². The van der Waals surface area contributed by atoms with Crippen LogP contribution in [0.15, 0.2) is 18.2 Å². The molecule has 0 saturated heterocycles. The molecule has 1 aromatic carbocycles. The summed E-state index contributed by atoms with van der Waals surface area (Å²) in [5.74, 6) is -2.31. The van der Waals surface area contributed by atoms with Gasteiger partial charge in [-0.15, -0.1) is 0 Å². The van der Waals surface area contributed by atoms with E-state index in [0.717, 1.165) is 6.07 Å². The van der Waals surface area contributed by atoms with Crippen LogP contribution in [0.25, 0.3) is 0 Å². The Kier molecular flexibility index (Phi) is 5.03. The third-order valence-corrected chi connectivity index (χ3v) is 2.38. The van der Waals surface area contributed by atoms with Gasteiger partial charge < -0.3 is 10.1 Å². The van der Waals surface area contributed by atoms with Crippen LogP contribution in [0.5, 0.6) is 0 Å². The highest BCUT2D eigenvalue weighted by Gasteiger charge is 2.20. The van der Waals surface area contributed by atoms with Crippen molar-refractivity contribution < 1.29 is 18.3 Å². The van der Waals surface area contributed by atoms with Crippen LogP contribution >= 0.6 is 0 Å². The Hall–Kier alpha value is -1.49. The maximum absolute atomic E-state index is 13.5. The highest BCUT2D eigenvalue weighted by atomic mass is 19.2. The summed E-state index contributed by atoms with van der Waals surface area (Å²) in [6.45, 7) is 1.95. The van der Waals surface area contributed by atoms with E-state index in [1.165, 1.54) is 12.1 Å². The minimum atomic E-state index is -0.934. The van der Waals surface area contributed by atoms with E-state index in [9.17, 15) is 13.6 Å². The largest absolute Gasteiger partial charge is 0.466 e. The molecule has 0 spiro atoms. The summed E-state index contributed by atoms with van der Waals surface area (Å²) in [4.78, 5) is 11.3. The fourth-order valence-corrected chi connectivity index (χ4v) is 1.54. The van der Waals surface area contributed by atoms with Crippen molar-refractivity contribution >= 4 is 5.97 Å². The molecule has 1 N–H and O–H groups in total. The lowest BCUT2D eigenvalue weighted by molar-refractivity contribution is -0.143. The normalized spacial score (nSPS) is 12.2. The third-order valence-electron chi connectivity index (χ3n) is 2.38. The molecular weight excluding hydrogens is 228 g/mol. The van der Waals surface area contributed by atoms with Crippen molar-refractivity contribution in [3.8, 4) is 0 Å². The Morgan fingerprint density at radius 3 is 2.76 bits per heavy atom.